The smallest absolute Gasteiger partial charge is 0.0391 e. The van der Waals surface area contributed by atoms with Gasteiger partial charge < -0.3 is 5.73 Å². The van der Waals surface area contributed by atoms with Gasteiger partial charge in [0.05, 0.1) is 0 Å². The molecule has 1 aromatic rings. The van der Waals surface area contributed by atoms with Gasteiger partial charge >= 0.3 is 0 Å². The highest BCUT2D eigenvalue weighted by atomic mass is 79.9. The van der Waals surface area contributed by atoms with Crippen molar-refractivity contribution in [2.75, 3.05) is 5.73 Å². The van der Waals surface area contributed by atoms with Gasteiger partial charge in [-0.15, -0.1) is 0 Å². The van der Waals surface area contributed by atoms with Crippen LogP contribution in [0.5, 0.6) is 0 Å². The van der Waals surface area contributed by atoms with E-state index in [1.54, 1.807) is 0 Å². The third kappa shape index (κ3) is 3.88. The largest absolute Gasteiger partial charge is 0.398 e. The van der Waals surface area contributed by atoms with Crippen LogP contribution < -0.4 is 5.73 Å². The van der Waals surface area contributed by atoms with Crippen LogP contribution in [0.25, 0.3) is 6.08 Å². The fraction of sp³-hybridized carbons (Fsp3) is 0.500. The molecule has 100 valence electrons. The van der Waals surface area contributed by atoms with Gasteiger partial charge in [0.15, 0.2) is 0 Å². The quantitative estimate of drug-likeness (QED) is 0.680. The van der Waals surface area contributed by atoms with Crippen LogP contribution in [0.15, 0.2) is 23.2 Å². The fourth-order valence-electron chi connectivity index (χ4n) is 2.33. The van der Waals surface area contributed by atoms with Crippen LogP contribution in [-0.4, -0.2) is 0 Å². The molecule has 0 aliphatic rings. The highest BCUT2D eigenvalue weighted by Gasteiger charge is 2.15. The third-order valence-electron chi connectivity index (χ3n) is 3.38. The molecule has 0 saturated carbocycles. The van der Waals surface area contributed by atoms with Crippen LogP contribution in [0, 0.1) is 5.92 Å². The van der Waals surface area contributed by atoms with Crippen LogP contribution in [0.4, 0.5) is 5.69 Å². The first-order valence-corrected chi connectivity index (χ1v) is 7.47. The first-order valence-electron chi connectivity index (χ1n) is 6.67. The van der Waals surface area contributed by atoms with Crippen molar-refractivity contribution in [2.45, 2.75) is 46.0 Å². The van der Waals surface area contributed by atoms with Crippen molar-refractivity contribution in [3.63, 3.8) is 0 Å². The van der Waals surface area contributed by atoms with Crippen molar-refractivity contribution in [3.8, 4) is 0 Å². The molecule has 1 atom stereocenters. The summed E-state index contributed by atoms with van der Waals surface area (Å²) in [6.45, 7) is 10.7. The Labute approximate surface area is 120 Å². The molecular weight excluding hydrogens is 286 g/mol. The normalized spacial score (nSPS) is 12.7. The molecule has 0 aromatic heterocycles. The lowest BCUT2D eigenvalue weighted by atomic mass is 9.89. The molecule has 18 heavy (non-hydrogen) atoms. The van der Waals surface area contributed by atoms with Gasteiger partial charge in [0.2, 0.25) is 0 Å². The number of nitrogens with two attached hydrogens (primary N) is 1. The highest BCUT2D eigenvalue weighted by Crippen LogP contribution is 2.35. The molecule has 0 aliphatic heterocycles. The van der Waals surface area contributed by atoms with E-state index < -0.39 is 0 Å². The SMILES string of the molecule is C=Cc1c(N)ccc(Br)c1C(C)CCCC(C)C. The van der Waals surface area contributed by atoms with Gasteiger partial charge in [0.1, 0.15) is 0 Å². The second kappa shape index (κ2) is 6.98. The van der Waals surface area contributed by atoms with Gasteiger partial charge in [-0.05, 0) is 36.0 Å². The average molecular weight is 310 g/mol. The second-order valence-corrected chi connectivity index (χ2v) is 6.25. The monoisotopic (exact) mass is 309 g/mol. The Bertz CT molecular complexity index is 410. The Morgan fingerprint density at radius 2 is 1.94 bits per heavy atom. The number of hydrogen-bond donors (Lipinski definition) is 1. The van der Waals surface area contributed by atoms with Crippen LogP contribution >= 0.6 is 15.9 Å². The molecule has 0 radical (unpaired) electrons. The maximum Gasteiger partial charge on any atom is 0.0391 e. The third-order valence-corrected chi connectivity index (χ3v) is 4.07. The van der Waals surface area contributed by atoms with Crippen molar-refractivity contribution in [2.24, 2.45) is 5.92 Å². The molecule has 1 rings (SSSR count). The predicted octanol–water partition coefficient (Wildman–Crippen LogP) is 5.60. The lowest BCUT2D eigenvalue weighted by molar-refractivity contribution is 0.512. The molecule has 2 heteroatoms. The van der Waals surface area contributed by atoms with E-state index in [9.17, 15) is 0 Å². The summed E-state index contributed by atoms with van der Waals surface area (Å²) in [5.74, 6) is 1.29. The number of anilines is 1. The fourth-order valence-corrected chi connectivity index (χ4v) is 3.07. The number of rotatable bonds is 6. The molecule has 1 nitrogen and oxygen atoms in total. The van der Waals surface area contributed by atoms with E-state index >= 15 is 0 Å². The van der Waals surface area contributed by atoms with E-state index in [-0.39, 0.29) is 0 Å². The molecule has 2 N–H and O–H groups in total. The molecule has 0 amide bonds. The summed E-state index contributed by atoms with van der Waals surface area (Å²) in [6, 6.07) is 3.97. The first-order chi connectivity index (χ1) is 8.47. The minimum Gasteiger partial charge on any atom is -0.398 e. The Kier molecular flexibility index (Phi) is 5.94. The molecule has 1 unspecified atom stereocenters. The van der Waals surface area contributed by atoms with E-state index in [1.165, 1.54) is 24.8 Å². The zero-order chi connectivity index (χ0) is 13.7. The van der Waals surface area contributed by atoms with Crippen LogP contribution in [0.1, 0.15) is 57.1 Å². The van der Waals surface area contributed by atoms with Gasteiger partial charge in [-0.25, -0.2) is 0 Å². The molecule has 0 heterocycles. The van der Waals surface area contributed by atoms with Crippen molar-refractivity contribution in [1.29, 1.82) is 0 Å². The van der Waals surface area contributed by atoms with E-state index in [4.69, 9.17) is 5.73 Å². The lowest BCUT2D eigenvalue weighted by Crippen LogP contribution is -2.02. The number of benzene rings is 1. The van der Waals surface area contributed by atoms with E-state index in [1.807, 2.05) is 18.2 Å². The van der Waals surface area contributed by atoms with E-state index in [2.05, 4.69) is 43.3 Å². The summed E-state index contributed by atoms with van der Waals surface area (Å²) >= 11 is 3.64. The Morgan fingerprint density at radius 1 is 1.28 bits per heavy atom. The summed E-state index contributed by atoms with van der Waals surface area (Å²) in [5.41, 5.74) is 9.23. The first kappa shape index (κ1) is 15.3. The zero-order valence-corrected chi connectivity index (χ0v) is 13.3. The summed E-state index contributed by atoms with van der Waals surface area (Å²) in [7, 11) is 0. The van der Waals surface area contributed by atoms with Gasteiger partial charge in [-0.2, -0.15) is 0 Å². The lowest BCUT2D eigenvalue weighted by Gasteiger charge is -2.18. The second-order valence-electron chi connectivity index (χ2n) is 5.39. The van der Waals surface area contributed by atoms with Gasteiger partial charge in [0, 0.05) is 15.7 Å². The van der Waals surface area contributed by atoms with E-state index in [0.717, 1.165) is 21.6 Å². The van der Waals surface area contributed by atoms with Crippen molar-refractivity contribution in [3.05, 3.63) is 34.3 Å². The topological polar surface area (TPSA) is 26.0 Å². The Morgan fingerprint density at radius 3 is 2.50 bits per heavy atom. The van der Waals surface area contributed by atoms with Crippen molar-refractivity contribution in [1.82, 2.24) is 0 Å². The van der Waals surface area contributed by atoms with Crippen molar-refractivity contribution >= 4 is 27.7 Å². The van der Waals surface area contributed by atoms with Crippen LogP contribution in [0.3, 0.4) is 0 Å². The number of hydrogen-bond acceptors (Lipinski definition) is 1. The van der Waals surface area contributed by atoms with Crippen molar-refractivity contribution < 1.29 is 0 Å². The zero-order valence-electron chi connectivity index (χ0n) is 11.7. The molecule has 0 aliphatic carbocycles. The summed E-state index contributed by atoms with van der Waals surface area (Å²) in [5, 5.41) is 0. The molecule has 0 fully saturated rings. The Balaban J connectivity index is 2.87. The predicted molar refractivity (Wildman–Crippen MR) is 85.7 cm³/mol. The minimum atomic E-state index is 0.509. The number of halogens is 1. The maximum absolute atomic E-state index is 6.02. The summed E-state index contributed by atoms with van der Waals surface area (Å²) < 4.78 is 1.14. The van der Waals surface area contributed by atoms with Gasteiger partial charge in [0.25, 0.3) is 0 Å². The number of nitrogen functional groups attached to an aromatic ring is 1. The van der Waals surface area contributed by atoms with Gasteiger partial charge in [-0.1, -0.05) is 62.2 Å². The summed E-state index contributed by atoms with van der Waals surface area (Å²) in [6.07, 6.45) is 5.61. The molecule has 1 aromatic carbocycles. The maximum atomic E-state index is 6.02. The van der Waals surface area contributed by atoms with E-state index in [0.29, 0.717) is 5.92 Å². The molecule has 0 spiro atoms. The van der Waals surface area contributed by atoms with Crippen LogP contribution in [-0.2, 0) is 0 Å². The summed E-state index contributed by atoms with van der Waals surface area (Å²) in [4.78, 5) is 0. The highest BCUT2D eigenvalue weighted by molar-refractivity contribution is 9.10. The minimum absolute atomic E-state index is 0.509. The molecular formula is C16H24BrN. The van der Waals surface area contributed by atoms with Gasteiger partial charge in [-0.3, -0.25) is 0 Å². The average Bonchev–Trinajstić information content (AvgIpc) is 2.30. The standard InChI is InChI=1S/C16H24BrN/c1-5-13-15(18)10-9-14(17)16(13)12(4)8-6-7-11(2)3/h5,9-12H,1,6-8,18H2,2-4H3. The molecule has 0 saturated heterocycles. The van der Waals surface area contributed by atoms with Crippen LogP contribution in [0.2, 0.25) is 0 Å². The Hall–Kier alpha value is -0.760. The molecule has 0 bridgehead atoms.